The van der Waals surface area contributed by atoms with Crippen molar-refractivity contribution in [3.05, 3.63) is 53.3 Å². The van der Waals surface area contributed by atoms with Gasteiger partial charge in [0.15, 0.2) is 0 Å². The number of hydrogen-bond acceptors (Lipinski definition) is 5. The van der Waals surface area contributed by atoms with Gasteiger partial charge in [-0.25, -0.2) is 9.38 Å². The Morgan fingerprint density at radius 2 is 2.00 bits per heavy atom. The minimum Gasteiger partial charge on any atom is -0.385 e. The smallest absolute Gasteiger partial charge is 0.385 e. The molecule has 0 bridgehead atoms. The van der Waals surface area contributed by atoms with E-state index in [4.69, 9.17) is 9.73 Å². The molecule has 2 aliphatic rings. The van der Waals surface area contributed by atoms with Crippen LogP contribution in [0.3, 0.4) is 0 Å². The predicted octanol–water partition coefficient (Wildman–Crippen LogP) is 4.68. The normalized spacial score (nSPS) is 18.5. The zero-order valence-electron chi connectivity index (χ0n) is 17.1. The van der Waals surface area contributed by atoms with Crippen LogP contribution in [0.15, 0.2) is 41.4 Å². The highest BCUT2D eigenvalue weighted by Gasteiger charge is 2.33. The molecule has 2 aromatic rings. The predicted molar refractivity (Wildman–Crippen MR) is 112 cm³/mol. The third-order valence-corrected chi connectivity index (χ3v) is 5.50. The lowest BCUT2D eigenvalue weighted by atomic mass is 10.0. The number of anilines is 2. The zero-order chi connectivity index (χ0) is 22.0. The summed E-state index contributed by atoms with van der Waals surface area (Å²) >= 11 is 0. The van der Waals surface area contributed by atoms with E-state index in [9.17, 15) is 17.6 Å². The minimum atomic E-state index is -4.47. The molecule has 0 aliphatic carbocycles. The molecule has 2 aromatic carbocycles. The first-order valence-electron chi connectivity index (χ1n) is 10.2. The Hall–Kier alpha value is -2.65. The summed E-state index contributed by atoms with van der Waals surface area (Å²) in [6, 6.07) is 7.83. The maximum absolute atomic E-state index is 13.8. The Kier molecular flexibility index (Phi) is 6.15. The summed E-state index contributed by atoms with van der Waals surface area (Å²) in [5.74, 6) is 0.0101. The van der Waals surface area contributed by atoms with E-state index in [2.05, 4.69) is 10.6 Å². The number of nitrogens with one attached hydrogen (secondary N) is 2. The fraction of sp³-hybridized carbons (Fsp3) is 0.409. The first kappa shape index (κ1) is 21.6. The number of amidine groups is 1. The first-order chi connectivity index (χ1) is 14.8. The van der Waals surface area contributed by atoms with Crippen molar-refractivity contribution in [1.82, 2.24) is 10.2 Å². The van der Waals surface area contributed by atoms with Gasteiger partial charge in [0.2, 0.25) is 0 Å². The van der Waals surface area contributed by atoms with Crippen molar-refractivity contribution in [3.8, 4) is 0 Å². The number of alkyl halides is 3. The van der Waals surface area contributed by atoms with Crippen LogP contribution in [0.25, 0.3) is 0 Å². The average Bonchev–Trinajstić information content (AvgIpc) is 2.89. The molecule has 0 amide bonds. The third-order valence-electron chi connectivity index (χ3n) is 5.50. The van der Waals surface area contributed by atoms with Gasteiger partial charge in [-0.3, -0.25) is 0 Å². The highest BCUT2D eigenvalue weighted by atomic mass is 19.4. The summed E-state index contributed by atoms with van der Waals surface area (Å²) in [6.07, 6.45) is -2.71. The first-order valence-corrected chi connectivity index (χ1v) is 10.2. The van der Waals surface area contributed by atoms with Crippen LogP contribution in [-0.2, 0) is 10.9 Å². The van der Waals surface area contributed by atoms with E-state index in [0.29, 0.717) is 54.7 Å². The topological polar surface area (TPSA) is 48.9 Å². The number of methoxy groups -OCH3 is 1. The molecular weight excluding hydrogens is 412 g/mol. The van der Waals surface area contributed by atoms with Crippen LogP contribution >= 0.6 is 0 Å². The fourth-order valence-corrected chi connectivity index (χ4v) is 3.97. The van der Waals surface area contributed by atoms with E-state index in [1.54, 1.807) is 7.11 Å². The molecule has 1 unspecified atom stereocenters. The SMILES string of the molecule is COCCCC1CN(C2=Nc3ccc(F)cc3Nc3ccc(C(F)(F)F)cc32)CCN1. The van der Waals surface area contributed by atoms with Crippen molar-refractivity contribution in [1.29, 1.82) is 0 Å². The van der Waals surface area contributed by atoms with Crippen molar-refractivity contribution in [2.45, 2.75) is 25.1 Å². The van der Waals surface area contributed by atoms with E-state index in [1.807, 2.05) is 4.90 Å². The largest absolute Gasteiger partial charge is 0.416 e. The highest BCUT2D eigenvalue weighted by Crippen LogP contribution is 2.38. The summed E-state index contributed by atoms with van der Waals surface area (Å²) in [5, 5.41) is 6.52. The second-order valence-corrected chi connectivity index (χ2v) is 7.71. The van der Waals surface area contributed by atoms with Gasteiger partial charge in [-0.05, 0) is 49.2 Å². The number of fused-ring (bicyclic) bond motifs is 2. The summed E-state index contributed by atoms with van der Waals surface area (Å²) in [4.78, 5) is 6.70. The van der Waals surface area contributed by atoms with E-state index in [-0.39, 0.29) is 6.04 Å². The molecule has 1 atom stereocenters. The Balaban J connectivity index is 1.74. The Labute approximate surface area is 178 Å². The van der Waals surface area contributed by atoms with E-state index < -0.39 is 17.6 Å². The van der Waals surface area contributed by atoms with E-state index in [1.165, 1.54) is 24.3 Å². The van der Waals surface area contributed by atoms with E-state index in [0.717, 1.165) is 25.0 Å². The second kappa shape index (κ2) is 8.84. The molecule has 0 saturated carbocycles. The van der Waals surface area contributed by atoms with Crippen molar-refractivity contribution in [2.75, 3.05) is 38.7 Å². The molecule has 166 valence electrons. The van der Waals surface area contributed by atoms with Crippen molar-refractivity contribution in [3.63, 3.8) is 0 Å². The third kappa shape index (κ3) is 4.83. The lowest BCUT2D eigenvalue weighted by Crippen LogP contribution is -2.52. The van der Waals surface area contributed by atoms with Crippen molar-refractivity contribution in [2.24, 2.45) is 4.99 Å². The Morgan fingerprint density at radius 1 is 1.16 bits per heavy atom. The zero-order valence-corrected chi connectivity index (χ0v) is 17.1. The number of ether oxygens (including phenoxy) is 1. The van der Waals surface area contributed by atoms with Gasteiger partial charge in [0, 0.05) is 50.6 Å². The van der Waals surface area contributed by atoms with Gasteiger partial charge in [0.1, 0.15) is 11.7 Å². The van der Waals surface area contributed by atoms with E-state index >= 15 is 0 Å². The lowest BCUT2D eigenvalue weighted by molar-refractivity contribution is -0.137. The molecule has 0 aromatic heterocycles. The molecule has 0 radical (unpaired) electrons. The number of halogens is 4. The summed E-state index contributed by atoms with van der Waals surface area (Å²) in [6.45, 7) is 2.55. The van der Waals surface area contributed by atoms with Crippen LogP contribution in [0.1, 0.15) is 24.0 Å². The molecule has 2 aliphatic heterocycles. The van der Waals surface area contributed by atoms with Crippen molar-refractivity contribution >= 4 is 22.9 Å². The highest BCUT2D eigenvalue weighted by molar-refractivity contribution is 6.08. The second-order valence-electron chi connectivity index (χ2n) is 7.71. The lowest BCUT2D eigenvalue weighted by Gasteiger charge is -2.36. The van der Waals surface area contributed by atoms with Crippen molar-refractivity contribution < 1.29 is 22.3 Å². The molecule has 0 spiro atoms. The summed E-state index contributed by atoms with van der Waals surface area (Å²) < 4.78 is 59.2. The average molecular weight is 436 g/mol. The van der Waals surface area contributed by atoms with Gasteiger partial charge in [0.25, 0.3) is 0 Å². The molecule has 1 saturated heterocycles. The Bertz CT molecular complexity index is 976. The molecular formula is C22H24F4N4O. The van der Waals surface area contributed by atoms with Crippen LogP contribution < -0.4 is 10.6 Å². The molecule has 31 heavy (non-hydrogen) atoms. The molecule has 4 rings (SSSR count). The molecule has 2 heterocycles. The van der Waals surface area contributed by atoms with Crippen LogP contribution in [0.2, 0.25) is 0 Å². The number of benzene rings is 2. The van der Waals surface area contributed by atoms with Crippen LogP contribution in [-0.4, -0.2) is 50.1 Å². The number of aliphatic imine (C=N–C) groups is 1. The number of hydrogen-bond donors (Lipinski definition) is 2. The fourth-order valence-electron chi connectivity index (χ4n) is 3.97. The molecule has 5 nitrogen and oxygen atoms in total. The Morgan fingerprint density at radius 3 is 2.77 bits per heavy atom. The van der Waals surface area contributed by atoms with Gasteiger partial charge in [-0.1, -0.05) is 0 Å². The quantitative estimate of drug-likeness (QED) is 0.540. The standard InChI is InChI=1S/C22H24F4N4O/c1-31-10-2-3-16-13-30(9-8-27-16)21-17-11-14(22(24,25)26)4-6-18(17)28-20-12-15(23)5-7-19(20)29-21/h4-7,11-12,16,27-28H,2-3,8-10,13H2,1H3. The molecule has 1 fully saturated rings. The summed E-state index contributed by atoms with van der Waals surface area (Å²) in [5.41, 5.74) is 0.970. The van der Waals surface area contributed by atoms with Crippen LogP contribution in [0.5, 0.6) is 0 Å². The van der Waals surface area contributed by atoms with Gasteiger partial charge in [-0.15, -0.1) is 0 Å². The molecule has 2 N–H and O–H groups in total. The van der Waals surface area contributed by atoms with Gasteiger partial charge in [-0.2, -0.15) is 13.2 Å². The van der Waals surface area contributed by atoms with Crippen LogP contribution in [0, 0.1) is 5.82 Å². The monoisotopic (exact) mass is 436 g/mol. The maximum atomic E-state index is 13.8. The summed E-state index contributed by atoms with van der Waals surface area (Å²) in [7, 11) is 1.66. The number of rotatable bonds is 4. The minimum absolute atomic E-state index is 0.171. The van der Waals surface area contributed by atoms with Crippen LogP contribution in [0.4, 0.5) is 34.6 Å². The maximum Gasteiger partial charge on any atom is 0.416 e. The number of nitrogens with zero attached hydrogens (tertiary/aromatic N) is 2. The number of piperazine rings is 1. The van der Waals surface area contributed by atoms with Gasteiger partial charge in [0.05, 0.1) is 16.9 Å². The molecule has 9 heteroatoms. The van der Waals surface area contributed by atoms with Gasteiger partial charge < -0.3 is 20.3 Å². The van der Waals surface area contributed by atoms with Gasteiger partial charge >= 0.3 is 6.18 Å².